The van der Waals surface area contributed by atoms with E-state index in [4.69, 9.17) is 5.73 Å². The van der Waals surface area contributed by atoms with Crippen molar-refractivity contribution < 1.29 is 4.79 Å². The van der Waals surface area contributed by atoms with Crippen LogP contribution in [0.4, 0.5) is 0 Å². The van der Waals surface area contributed by atoms with E-state index in [0.717, 1.165) is 18.7 Å². The molecule has 0 spiro atoms. The lowest BCUT2D eigenvalue weighted by Crippen LogP contribution is -2.44. The molecule has 25 heavy (non-hydrogen) atoms. The van der Waals surface area contributed by atoms with Gasteiger partial charge in [-0.15, -0.1) is 0 Å². The normalized spacial score (nSPS) is 21.8. The van der Waals surface area contributed by atoms with Gasteiger partial charge in [-0.05, 0) is 30.5 Å². The number of nitrogens with two attached hydrogens (primary N) is 1. The van der Waals surface area contributed by atoms with Crippen LogP contribution in [0.3, 0.4) is 0 Å². The van der Waals surface area contributed by atoms with E-state index in [2.05, 4.69) is 34.5 Å². The van der Waals surface area contributed by atoms with Crippen molar-refractivity contribution in [3.05, 3.63) is 71.8 Å². The van der Waals surface area contributed by atoms with Crippen LogP contribution in [-0.2, 0) is 11.3 Å². The van der Waals surface area contributed by atoms with E-state index >= 15 is 0 Å². The third-order valence-electron chi connectivity index (χ3n) is 5.24. The smallest absolute Gasteiger partial charge is 0.237 e. The summed E-state index contributed by atoms with van der Waals surface area (Å²) < 4.78 is 0. The van der Waals surface area contributed by atoms with E-state index in [9.17, 15) is 4.79 Å². The van der Waals surface area contributed by atoms with Crippen LogP contribution in [0.25, 0.3) is 0 Å². The maximum absolute atomic E-state index is 12.6. The Labute approximate surface area is 150 Å². The number of hydrogen-bond acceptors (Lipinski definition) is 3. The molecule has 1 saturated heterocycles. The van der Waals surface area contributed by atoms with Crippen molar-refractivity contribution in [2.24, 2.45) is 11.7 Å². The second-order valence-electron chi connectivity index (χ2n) is 6.85. The molecule has 1 unspecified atom stereocenters. The molecule has 4 heteroatoms. The van der Waals surface area contributed by atoms with Crippen molar-refractivity contribution in [2.75, 3.05) is 19.6 Å². The minimum absolute atomic E-state index is 0.0772. The number of carbonyl (C=O) groups is 1. The summed E-state index contributed by atoms with van der Waals surface area (Å²) in [5, 5.41) is 3.05. The van der Waals surface area contributed by atoms with E-state index in [0.29, 0.717) is 24.9 Å². The largest absolute Gasteiger partial charge is 0.351 e. The molecule has 3 rings (SSSR count). The van der Waals surface area contributed by atoms with Gasteiger partial charge in [-0.3, -0.25) is 9.69 Å². The van der Waals surface area contributed by atoms with Gasteiger partial charge in [0.05, 0.1) is 6.04 Å². The first-order chi connectivity index (χ1) is 12.2. The van der Waals surface area contributed by atoms with Crippen LogP contribution in [0.1, 0.15) is 24.0 Å². The van der Waals surface area contributed by atoms with Gasteiger partial charge in [0.25, 0.3) is 0 Å². The maximum Gasteiger partial charge on any atom is 0.237 e. The summed E-state index contributed by atoms with van der Waals surface area (Å²) >= 11 is 0. The van der Waals surface area contributed by atoms with Crippen molar-refractivity contribution in [2.45, 2.75) is 25.4 Å². The van der Waals surface area contributed by atoms with E-state index in [1.54, 1.807) is 0 Å². The first-order valence-corrected chi connectivity index (χ1v) is 8.99. The highest BCUT2D eigenvalue weighted by Gasteiger charge is 2.36. The van der Waals surface area contributed by atoms with Crippen molar-refractivity contribution in [3.8, 4) is 0 Å². The number of benzene rings is 2. The number of nitrogens with one attached hydrogen (secondary N) is 1. The van der Waals surface area contributed by atoms with Gasteiger partial charge in [0.1, 0.15) is 0 Å². The molecule has 1 amide bonds. The number of amides is 1. The van der Waals surface area contributed by atoms with Crippen molar-refractivity contribution in [1.82, 2.24) is 10.2 Å². The summed E-state index contributed by atoms with van der Waals surface area (Å²) in [6, 6.07) is 20.4. The lowest BCUT2D eigenvalue weighted by Gasteiger charge is -2.23. The molecule has 0 bridgehead atoms. The molecule has 1 heterocycles. The monoisotopic (exact) mass is 337 g/mol. The molecular weight excluding hydrogens is 310 g/mol. The minimum atomic E-state index is -0.147. The molecule has 0 aliphatic carbocycles. The first-order valence-electron chi connectivity index (χ1n) is 8.99. The fourth-order valence-corrected chi connectivity index (χ4v) is 3.64. The molecule has 132 valence electrons. The molecule has 2 aromatic rings. The fourth-order valence-electron chi connectivity index (χ4n) is 3.64. The highest BCUT2D eigenvalue weighted by atomic mass is 16.2. The average molecular weight is 337 g/mol. The molecule has 4 nitrogen and oxygen atoms in total. The number of rotatable bonds is 6. The second kappa shape index (κ2) is 8.28. The zero-order valence-corrected chi connectivity index (χ0v) is 14.8. The zero-order chi connectivity index (χ0) is 17.6. The highest BCUT2D eigenvalue weighted by molar-refractivity contribution is 5.81. The maximum atomic E-state index is 12.6. The van der Waals surface area contributed by atoms with Gasteiger partial charge in [0.15, 0.2) is 0 Å². The van der Waals surface area contributed by atoms with Gasteiger partial charge < -0.3 is 11.1 Å². The van der Waals surface area contributed by atoms with Gasteiger partial charge in [-0.25, -0.2) is 0 Å². The van der Waals surface area contributed by atoms with Crippen molar-refractivity contribution in [1.29, 1.82) is 0 Å². The predicted molar refractivity (Wildman–Crippen MR) is 101 cm³/mol. The zero-order valence-electron chi connectivity index (χ0n) is 14.8. The lowest BCUT2D eigenvalue weighted by atomic mass is 9.89. The van der Waals surface area contributed by atoms with Gasteiger partial charge in [-0.2, -0.15) is 0 Å². The van der Waals surface area contributed by atoms with Gasteiger partial charge >= 0.3 is 0 Å². The Hall–Kier alpha value is -2.17. The summed E-state index contributed by atoms with van der Waals surface area (Å²) in [7, 11) is 0. The Morgan fingerprint density at radius 1 is 1.12 bits per heavy atom. The minimum Gasteiger partial charge on any atom is -0.351 e. The molecule has 3 N–H and O–H groups in total. The Morgan fingerprint density at radius 2 is 1.76 bits per heavy atom. The summed E-state index contributed by atoms with van der Waals surface area (Å²) in [5.41, 5.74) is 8.44. The molecule has 0 radical (unpaired) electrons. The van der Waals surface area contributed by atoms with Gasteiger partial charge in [0.2, 0.25) is 5.91 Å². The first kappa shape index (κ1) is 17.6. The van der Waals surface area contributed by atoms with Crippen LogP contribution in [0.5, 0.6) is 0 Å². The molecule has 1 fully saturated rings. The Balaban J connectivity index is 1.60. The van der Waals surface area contributed by atoms with Gasteiger partial charge in [-0.1, -0.05) is 60.7 Å². The van der Waals surface area contributed by atoms with Crippen molar-refractivity contribution in [3.63, 3.8) is 0 Å². The number of hydrogen-bond donors (Lipinski definition) is 2. The number of nitrogens with zero attached hydrogens (tertiary/aromatic N) is 1. The van der Waals surface area contributed by atoms with Crippen LogP contribution < -0.4 is 11.1 Å². The molecule has 2 aromatic carbocycles. The molecule has 1 aliphatic rings. The quantitative estimate of drug-likeness (QED) is 0.851. The second-order valence-corrected chi connectivity index (χ2v) is 6.85. The Bertz CT molecular complexity index is 674. The molecular formula is C21H27N3O. The van der Waals surface area contributed by atoms with Gasteiger partial charge in [0, 0.05) is 25.6 Å². The molecule has 0 saturated carbocycles. The summed E-state index contributed by atoms with van der Waals surface area (Å²) in [4.78, 5) is 14.8. The van der Waals surface area contributed by atoms with E-state index in [1.165, 1.54) is 5.56 Å². The Kier molecular flexibility index (Phi) is 5.84. The molecule has 1 aliphatic heterocycles. The van der Waals surface area contributed by atoms with E-state index < -0.39 is 0 Å². The van der Waals surface area contributed by atoms with E-state index in [-0.39, 0.29) is 11.9 Å². The van der Waals surface area contributed by atoms with Crippen LogP contribution >= 0.6 is 0 Å². The van der Waals surface area contributed by atoms with Crippen LogP contribution in [0, 0.1) is 5.92 Å². The van der Waals surface area contributed by atoms with Crippen LogP contribution in [-0.4, -0.2) is 36.5 Å². The lowest BCUT2D eigenvalue weighted by molar-refractivity contribution is -0.125. The molecule has 3 atom stereocenters. The highest BCUT2D eigenvalue weighted by Crippen LogP contribution is 2.33. The third kappa shape index (κ3) is 4.27. The van der Waals surface area contributed by atoms with Crippen molar-refractivity contribution >= 4 is 5.91 Å². The van der Waals surface area contributed by atoms with Crippen LogP contribution in [0.2, 0.25) is 0 Å². The number of likely N-dealkylation sites (tertiary alicyclic amines) is 1. The standard InChI is InChI=1S/C21H27N3O/c1-16(21(25)23-13-17-8-4-2-5-9-17)24-14-19(12-22)20(15-24)18-10-6-3-7-11-18/h2-11,16,19-20H,12-15,22H2,1H3,(H,23,25)/t16?,19-,20+/m1/s1. The summed E-state index contributed by atoms with van der Waals surface area (Å²) in [6.07, 6.45) is 0. The predicted octanol–water partition coefficient (Wildman–Crippen LogP) is 2.37. The molecule has 0 aromatic heterocycles. The van der Waals surface area contributed by atoms with Crippen LogP contribution in [0.15, 0.2) is 60.7 Å². The summed E-state index contributed by atoms with van der Waals surface area (Å²) in [6.45, 7) is 4.96. The average Bonchev–Trinajstić information content (AvgIpc) is 3.11. The summed E-state index contributed by atoms with van der Waals surface area (Å²) in [5.74, 6) is 0.871. The van der Waals surface area contributed by atoms with E-state index in [1.807, 2.05) is 43.3 Å². The SMILES string of the molecule is CC(C(=O)NCc1ccccc1)N1C[C@@H](CN)[C@H](c2ccccc2)C1. The third-order valence-corrected chi connectivity index (χ3v) is 5.24. The topological polar surface area (TPSA) is 58.4 Å². The number of carbonyl (C=O) groups excluding carboxylic acids is 1. The fraction of sp³-hybridized carbons (Fsp3) is 0.381. The Morgan fingerprint density at radius 3 is 2.40 bits per heavy atom.